The Kier molecular flexibility index (Phi) is 6.09. The number of halogens is 1. The van der Waals surface area contributed by atoms with E-state index in [1.807, 2.05) is 78.9 Å². The van der Waals surface area contributed by atoms with Gasteiger partial charge in [0.2, 0.25) is 11.0 Å². The molecule has 1 aliphatic rings. The van der Waals surface area contributed by atoms with Crippen molar-refractivity contribution >= 4 is 39.8 Å². The number of benzene rings is 4. The van der Waals surface area contributed by atoms with Crippen molar-refractivity contribution in [1.29, 1.82) is 0 Å². The van der Waals surface area contributed by atoms with Crippen LogP contribution in [0.4, 0.5) is 5.69 Å². The van der Waals surface area contributed by atoms with Crippen molar-refractivity contribution in [2.24, 2.45) is 0 Å². The molecule has 0 amide bonds. The Labute approximate surface area is 217 Å². The lowest BCUT2D eigenvalue weighted by Crippen LogP contribution is -2.17. The molecule has 0 bridgehead atoms. The van der Waals surface area contributed by atoms with Crippen molar-refractivity contribution in [3.8, 4) is 22.9 Å². The molecule has 0 fully saturated rings. The van der Waals surface area contributed by atoms with Gasteiger partial charge in [-0.1, -0.05) is 78.0 Å². The van der Waals surface area contributed by atoms with Crippen LogP contribution < -0.4 is 14.8 Å². The Balaban J connectivity index is 1.40. The van der Waals surface area contributed by atoms with Crippen molar-refractivity contribution in [2.75, 3.05) is 12.4 Å². The van der Waals surface area contributed by atoms with Crippen LogP contribution in [0.5, 0.6) is 11.6 Å². The molecule has 6 rings (SSSR count). The Hall–Kier alpha value is -3.81. The highest BCUT2D eigenvalue weighted by molar-refractivity contribution is 7.98. The standard InChI is InChI=1S/C28H21ClN4O2S/c1-34-24-15-14-21(19-6-2-3-7-20(19)24)26-30-23-9-5-4-8-22(23)25-27(35-26)31-28(33-32-25)36-16-17-10-12-18(29)13-11-17/h2-15,26,30H,16H2,1H3/t26-/m1/s1. The monoisotopic (exact) mass is 512 g/mol. The summed E-state index contributed by atoms with van der Waals surface area (Å²) in [5.74, 6) is 1.94. The van der Waals surface area contributed by atoms with Crippen molar-refractivity contribution in [1.82, 2.24) is 15.2 Å². The maximum absolute atomic E-state index is 6.52. The summed E-state index contributed by atoms with van der Waals surface area (Å²) in [5.41, 5.74) is 4.50. The molecule has 0 saturated carbocycles. The van der Waals surface area contributed by atoms with Crippen LogP contribution in [0.2, 0.25) is 5.02 Å². The maximum atomic E-state index is 6.52. The quantitative estimate of drug-likeness (QED) is 0.251. The molecular weight excluding hydrogens is 492 g/mol. The van der Waals surface area contributed by atoms with E-state index in [0.717, 1.165) is 38.9 Å². The SMILES string of the molecule is COc1ccc([C@@H]2Nc3ccccc3-c3nnc(SCc4ccc(Cl)cc4)nc3O2)c2ccccc12. The molecule has 2 heterocycles. The molecule has 6 nitrogen and oxygen atoms in total. The van der Waals surface area contributed by atoms with Gasteiger partial charge in [-0.25, -0.2) is 0 Å². The van der Waals surface area contributed by atoms with Crippen LogP contribution in [0.1, 0.15) is 17.4 Å². The van der Waals surface area contributed by atoms with Crippen LogP contribution in [0.25, 0.3) is 22.0 Å². The van der Waals surface area contributed by atoms with Crippen LogP contribution in [0.15, 0.2) is 90.1 Å². The maximum Gasteiger partial charge on any atom is 0.247 e. The highest BCUT2D eigenvalue weighted by Crippen LogP contribution is 2.41. The van der Waals surface area contributed by atoms with E-state index in [2.05, 4.69) is 21.6 Å². The van der Waals surface area contributed by atoms with E-state index >= 15 is 0 Å². The second kappa shape index (κ2) is 9.68. The van der Waals surface area contributed by atoms with Gasteiger partial charge in [-0.15, -0.1) is 10.2 Å². The number of nitrogens with zero attached hydrogens (tertiary/aromatic N) is 3. The number of fused-ring (bicyclic) bond motifs is 4. The molecule has 0 saturated heterocycles. The fourth-order valence-electron chi connectivity index (χ4n) is 4.28. The second-order valence-corrected chi connectivity index (χ2v) is 9.63. The molecule has 1 atom stereocenters. The fraction of sp³-hybridized carbons (Fsp3) is 0.107. The molecule has 0 unspecified atom stereocenters. The summed E-state index contributed by atoms with van der Waals surface area (Å²) in [4.78, 5) is 4.77. The van der Waals surface area contributed by atoms with E-state index in [1.165, 1.54) is 11.8 Å². The average Bonchev–Trinajstić information content (AvgIpc) is 3.08. The lowest BCUT2D eigenvalue weighted by Gasteiger charge is -2.21. The number of rotatable bonds is 5. The zero-order valence-electron chi connectivity index (χ0n) is 19.3. The van der Waals surface area contributed by atoms with E-state index in [-0.39, 0.29) is 0 Å². The lowest BCUT2D eigenvalue weighted by molar-refractivity contribution is 0.226. The summed E-state index contributed by atoms with van der Waals surface area (Å²) in [6.07, 6.45) is -0.492. The van der Waals surface area contributed by atoms with E-state index < -0.39 is 6.23 Å². The molecule has 0 aliphatic carbocycles. The minimum absolute atomic E-state index is 0.436. The van der Waals surface area contributed by atoms with Gasteiger partial charge < -0.3 is 14.8 Å². The summed E-state index contributed by atoms with van der Waals surface area (Å²) >= 11 is 7.51. The van der Waals surface area contributed by atoms with Gasteiger partial charge in [0, 0.05) is 33.0 Å². The van der Waals surface area contributed by atoms with Crippen molar-refractivity contribution < 1.29 is 9.47 Å². The summed E-state index contributed by atoms with van der Waals surface area (Å²) in [5, 5.41) is 15.8. The van der Waals surface area contributed by atoms with Crippen LogP contribution in [-0.2, 0) is 5.75 Å². The number of aromatic nitrogens is 3. The fourth-order valence-corrected chi connectivity index (χ4v) is 5.14. The third kappa shape index (κ3) is 4.32. The van der Waals surface area contributed by atoms with Crippen molar-refractivity contribution in [2.45, 2.75) is 17.1 Å². The van der Waals surface area contributed by atoms with Crippen LogP contribution in [0.3, 0.4) is 0 Å². The lowest BCUT2D eigenvalue weighted by atomic mass is 10.0. The molecular formula is C28H21ClN4O2S. The van der Waals surface area contributed by atoms with Gasteiger partial charge >= 0.3 is 0 Å². The number of nitrogens with one attached hydrogen (secondary N) is 1. The van der Waals surface area contributed by atoms with Gasteiger partial charge in [0.05, 0.1) is 7.11 Å². The molecule has 1 N–H and O–H groups in total. The number of anilines is 1. The molecule has 1 aromatic heterocycles. The Morgan fingerprint density at radius 1 is 0.917 bits per heavy atom. The van der Waals surface area contributed by atoms with Gasteiger partial charge in [-0.05, 0) is 41.3 Å². The number of hydrogen-bond donors (Lipinski definition) is 1. The molecule has 0 radical (unpaired) electrons. The smallest absolute Gasteiger partial charge is 0.247 e. The van der Waals surface area contributed by atoms with Gasteiger partial charge in [-0.2, -0.15) is 4.98 Å². The topological polar surface area (TPSA) is 69.2 Å². The Morgan fingerprint density at radius 2 is 1.69 bits per heavy atom. The first kappa shape index (κ1) is 22.6. The minimum Gasteiger partial charge on any atom is -0.496 e. The first-order valence-corrected chi connectivity index (χ1v) is 12.8. The normalized spacial score (nSPS) is 14.2. The zero-order chi connectivity index (χ0) is 24.5. The van der Waals surface area contributed by atoms with E-state index in [9.17, 15) is 0 Å². The number of thioether (sulfide) groups is 1. The molecule has 0 spiro atoms. The highest BCUT2D eigenvalue weighted by atomic mass is 35.5. The summed E-state index contributed by atoms with van der Waals surface area (Å²) < 4.78 is 12.1. The number of hydrogen-bond acceptors (Lipinski definition) is 7. The third-order valence-corrected chi connectivity index (χ3v) is 7.20. The molecule has 8 heteroatoms. The first-order valence-electron chi connectivity index (χ1n) is 11.4. The van der Waals surface area contributed by atoms with Crippen molar-refractivity contribution in [3.05, 3.63) is 101 Å². The van der Waals surface area contributed by atoms with E-state index in [0.29, 0.717) is 27.5 Å². The molecule has 4 aromatic carbocycles. The zero-order valence-corrected chi connectivity index (χ0v) is 20.9. The summed E-state index contributed by atoms with van der Waals surface area (Å²) in [6, 6.07) is 27.8. The molecule has 1 aliphatic heterocycles. The van der Waals surface area contributed by atoms with E-state index in [4.69, 9.17) is 26.1 Å². The van der Waals surface area contributed by atoms with Gasteiger partial charge in [0.15, 0.2) is 11.9 Å². The van der Waals surface area contributed by atoms with Gasteiger partial charge in [0.1, 0.15) is 5.75 Å². The second-order valence-electron chi connectivity index (χ2n) is 8.25. The van der Waals surface area contributed by atoms with Crippen LogP contribution >= 0.6 is 23.4 Å². The highest BCUT2D eigenvalue weighted by Gasteiger charge is 2.27. The Morgan fingerprint density at radius 3 is 2.53 bits per heavy atom. The molecule has 5 aromatic rings. The minimum atomic E-state index is -0.492. The predicted molar refractivity (Wildman–Crippen MR) is 144 cm³/mol. The number of methoxy groups -OCH3 is 1. The van der Waals surface area contributed by atoms with Gasteiger partial charge in [-0.3, -0.25) is 0 Å². The van der Waals surface area contributed by atoms with Crippen molar-refractivity contribution in [3.63, 3.8) is 0 Å². The molecule has 178 valence electrons. The average molecular weight is 513 g/mol. The van der Waals surface area contributed by atoms with E-state index in [1.54, 1.807) is 7.11 Å². The number of ether oxygens (including phenoxy) is 2. The van der Waals surface area contributed by atoms with Crippen LogP contribution in [-0.4, -0.2) is 22.3 Å². The predicted octanol–water partition coefficient (Wildman–Crippen LogP) is 7.15. The summed E-state index contributed by atoms with van der Waals surface area (Å²) in [6.45, 7) is 0. The Bertz CT molecular complexity index is 1560. The van der Waals surface area contributed by atoms with Gasteiger partial charge in [0.25, 0.3) is 0 Å². The largest absolute Gasteiger partial charge is 0.496 e. The van der Waals surface area contributed by atoms with Crippen LogP contribution in [0, 0.1) is 0 Å². The summed E-state index contributed by atoms with van der Waals surface area (Å²) in [7, 11) is 1.68. The first-order chi connectivity index (χ1) is 17.7. The third-order valence-electron chi connectivity index (χ3n) is 6.03. The molecule has 36 heavy (non-hydrogen) atoms. The number of para-hydroxylation sites is 1.